The third-order valence-corrected chi connectivity index (χ3v) is 7.12. The Labute approximate surface area is 247 Å². The molecule has 224 valence electrons. The van der Waals surface area contributed by atoms with Crippen LogP contribution < -0.4 is 10.6 Å². The van der Waals surface area contributed by atoms with E-state index in [1.807, 2.05) is 0 Å². The summed E-state index contributed by atoms with van der Waals surface area (Å²) in [5.74, 6) is -4.71. The second kappa shape index (κ2) is 15.6. The van der Waals surface area contributed by atoms with Crippen molar-refractivity contribution in [3.05, 3.63) is 71.8 Å². The van der Waals surface area contributed by atoms with Crippen molar-refractivity contribution in [2.75, 3.05) is 11.6 Å². The van der Waals surface area contributed by atoms with E-state index >= 15 is 0 Å². The lowest BCUT2D eigenvalue weighted by Crippen LogP contribution is -2.57. The van der Waals surface area contributed by atoms with E-state index in [1.165, 1.54) is 11.8 Å². The van der Waals surface area contributed by atoms with Crippen molar-refractivity contribution in [3.63, 3.8) is 0 Å². The number of amides is 3. The average molecular weight is 600 g/mol. The van der Waals surface area contributed by atoms with Gasteiger partial charge in [-0.05, 0) is 25.0 Å². The number of nitrogens with one attached hydrogen (secondary N) is 2. The molecule has 3 rings (SSSR count). The summed E-state index contributed by atoms with van der Waals surface area (Å²) in [5, 5.41) is 14.2. The van der Waals surface area contributed by atoms with Gasteiger partial charge in [0.1, 0.15) is 24.7 Å². The maximum Gasteiger partial charge on any atom is 0.408 e. The highest BCUT2D eigenvalue weighted by Gasteiger charge is 2.40. The highest BCUT2D eigenvalue weighted by Crippen LogP contribution is 2.23. The summed E-state index contributed by atoms with van der Waals surface area (Å²) in [6.07, 6.45) is -2.29. The molecule has 3 N–H and O–H groups in total. The number of hydrogen-bond donors (Lipinski definition) is 3. The molecular weight excluding hydrogens is 566 g/mol. The zero-order valence-electron chi connectivity index (χ0n) is 23.2. The first-order valence-corrected chi connectivity index (χ1v) is 14.4. The highest BCUT2D eigenvalue weighted by molar-refractivity contribution is 7.99. The zero-order chi connectivity index (χ0) is 30.6. The van der Waals surface area contributed by atoms with Crippen LogP contribution in [0.15, 0.2) is 60.7 Å². The molecule has 1 saturated heterocycles. The van der Waals surface area contributed by atoms with Crippen molar-refractivity contribution in [2.24, 2.45) is 0 Å². The number of hydrogen-bond acceptors (Lipinski definition) is 9. The Morgan fingerprint density at radius 3 is 2.14 bits per heavy atom. The van der Waals surface area contributed by atoms with Crippen LogP contribution in [-0.2, 0) is 46.5 Å². The van der Waals surface area contributed by atoms with Crippen molar-refractivity contribution >= 4 is 47.4 Å². The number of alkyl carbamates (subject to hydrolysis) is 1. The lowest BCUT2D eigenvalue weighted by molar-refractivity contribution is -0.158. The number of carbonyl (C=O) groups is 6. The maximum absolute atomic E-state index is 13.4. The van der Waals surface area contributed by atoms with Gasteiger partial charge in [-0.2, -0.15) is 0 Å². The molecular formula is C29H33N3O9S. The fourth-order valence-electron chi connectivity index (χ4n) is 4.10. The standard InChI is InChI=1S/C29H33N3O9S/c1-18(2)41-28(38)25(35)21(13-19-9-5-3-6-10-19)30-26(36)23-16-42-17-32(23)27(37)22(14-24(33)34)31-29(39)40-15-20-11-7-4-8-12-20/h3-12,18,21-23H,13-17H2,1-2H3,(H,30,36)(H,31,39)(H,33,34)/t21-,22-,23-/m0/s1. The molecule has 0 aliphatic carbocycles. The zero-order valence-corrected chi connectivity index (χ0v) is 24.0. The van der Waals surface area contributed by atoms with Crippen LogP contribution in [-0.4, -0.2) is 81.5 Å². The number of carboxylic acids is 1. The Bertz CT molecular complexity index is 1270. The largest absolute Gasteiger partial charge is 0.481 e. The minimum atomic E-state index is -1.51. The van der Waals surface area contributed by atoms with Crippen molar-refractivity contribution in [1.29, 1.82) is 0 Å². The molecule has 12 nitrogen and oxygen atoms in total. The average Bonchev–Trinajstić information content (AvgIpc) is 3.45. The number of aliphatic carboxylic acids is 1. The van der Waals surface area contributed by atoms with Gasteiger partial charge in [-0.3, -0.25) is 19.2 Å². The minimum absolute atomic E-state index is 0.00284. The lowest BCUT2D eigenvalue weighted by Gasteiger charge is -2.28. The van der Waals surface area contributed by atoms with Gasteiger partial charge >= 0.3 is 18.0 Å². The maximum atomic E-state index is 13.4. The number of Topliss-reactive ketones (excluding diaryl/α,β-unsaturated/α-hetero) is 1. The number of esters is 1. The summed E-state index contributed by atoms with van der Waals surface area (Å²) in [4.78, 5) is 77.2. The molecule has 1 aliphatic heterocycles. The second-order valence-corrected chi connectivity index (χ2v) is 10.7. The van der Waals surface area contributed by atoms with Crippen LogP contribution >= 0.6 is 11.8 Å². The quantitative estimate of drug-likeness (QED) is 0.228. The van der Waals surface area contributed by atoms with E-state index in [1.54, 1.807) is 74.5 Å². The van der Waals surface area contributed by atoms with Crippen molar-refractivity contribution in [3.8, 4) is 0 Å². The first-order chi connectivity index (χ1) is 20.0. The van der Waals surface area contributed by atoms with Crippen molar-refractivity contribution in [2.45, 2.75) is 57.5 Å². The van der Waals surface area contributed by atoms with Gasteiger partial charge in [-0.15, -0.1) is 11.8 Å². The summed E-state index contributed by atoms with van der Waals surface area (Å²) in [7, 11) is 0. The first kappa shape index (κ1) is 32.1. The van der Waals surface area contributed by atoms with E-state index in [0.717, 1.165) is 4.90 Å². The number of ketones is 1. The van der Waals surface area contributed by atoms with Gasteiger partial charge in [0.25, 0.3) is 5.78 Å². The molecule has 1 fully saturated rings. The third-order valence-electron chi connectivity index (χ3n) is 6.11. The monoisotopic (exact) mass is 599 g/mol. The molecule has 0 saturated carbocycles. The third kappa shape index (κ3) is 9.61. The van der Waals surface area contributed by atoms with Crippen molar-refractivity contribution < 1.29 is 43.3 Å². The Morgan fingerprint density at radius 1 is 0.929 bits per heavy atom. The molecule has 0 radical (unpaired) electrons. The molecule has 3 atom stereocenters. The Morgan fingerprint density at radius 2 is 1.55 bits per heavy atom. The highest BCUT2D eigenvalue weighted by atomic mass is 32.2. The number of nitrogens with zero attached hydrogens (tertiary/aromatic N) is 1. The Balaban J connectivity index is 1.72. The van der Waals surface area contributed by atoms with Crippen LogP contribution in [0.3, 0.4) is 0 Å². The van der Waals surface area contributed by atoms with Gasteiger partial charge in [-0.25, -0.2) is 9.59 Å². The fraction of sp³-hybridized carbons (Fsp3) is 0.379. The van der Waals surface area contributed by atoms with Crippen LogP contribution in [0, 0.1) is 0 Å². The fourth-order valence-corrected chi connectivity index (χ4v) is 5.26. The summed E-state index contributed by atoms with van der Waals surface area (Å²) in [5.41, 5.74) is 1.38. The van der Waals surface area contributed by atoms with Gasteiger partial charge < -0.3 is 30.1 Å². The molecule has 0 spiro atoms. The van der Waals surface area contributed by atoms with E-state index in [2.05, 4.69) is 10.6 Å². The van der Waals surface area contributed by atoms with Crippen LogP contribution in [0.1, 0.15) is 31.4 Å². The predicted molar refractivity (Wildman–Crippen MR) is 152 cm³/mol. The van der Waals surface area contributed by atoms with Gasteiger partial charge in [0, 0.05) is 12.2 Å². The molecule has 42 heavy (non-hydrogen) atoms. The predicted octanol–water partition coefficient (Wildman–Crippen LogP) is 1.91. The molecule has 13 heteroatoms. The van der Waals surface area contributed by atoms with E-state index in [0.29, 0.717) is 11.1 Å². The van der Waals surface area contributed by atoms with Crippen LogP contribution in [0.25, 0.3) is 0 Å². The Kier molecular flexibility index (Phi) is 11.9. The number of carboxylic acid groups (broad SMARTS) is 1. The minimum Gasteiger partial charge on any atom is -0.481 e. The van der Waals surface area contributed by atoms with Crippen molar-refractivity contribution in [1.82, 2.24) is 15.5 Å². The first-order valence-electron chi connectivity index (χ1n) is 13.2. The topological polar surface area (TPSA) is 168 Å². The van der Waals surface area contributed by atoms with E-state index in [9.17, 15) is 33.9 Å². The molecule has 2 aromatic rings. The summed E-state index contributed by atoms with van der Waals surface area (Å²) < 4.78 is 10.2. The number of benzene rings is 2. The van der Waals surface area contributed by atoms with E-state index in [-0.39, 0.29) is 24.7 Å². The normalized spacial score (nSPS) is 15.8. The van der Waals surface area contributed by atoms with Gasteiger partial charge in [0.05, 0.1) is 18.4 Å². The smallest absolute Gasteiger partial charge is 0.408 e. The number of ether oxygens (including phenoxy) is 2. The molecule has 1 aliphatic rings. The number of thioether (sulfide) groups is 1. The molecule has 0 bridgehead atoms. The Hall–Kier alpha value is -4.39. The molecule has 0 aromatic heterocycles. The van der Waals surface area contributed by atoms with E-state index < -0.39 is 66.3 Å². The van der Waals surface area contributed by atoms with E-state index in [4.69, 9.17) is 9.47 Å². The number of rotatable bonds is 13. The molecule has 2 aromatic carbocycles. The molecule has 1 heterocycles. The molecule has 0 unspecified atom stereocenters. The second-order valence-electron chi connectivity index (χ2n) is 9.75. The SMILES string of the molecule is CC(C)OC(=O)C(=O)[C@H](Cc1ccccc1)NC(=O)[C@@H]1CSCN1C(=O)[C@H](CC(=O)O)NC(=O)OCc1ccccc1. The number of carbonyl (C=O) groups excluding carboxylic acids is 5. The van der Waals surface area contributed by atoms with Crippen LogP contribution in [0.2, 0.25) is 0 Å². The van der Waals surface area contributed by atoms with Gasteiger partial charge in [-0.1, -0.05) is 60.7 Å². The lowest BCUT2D eigenvalue weighted by atomic mass is 10.0. The molecule has 3 amide bonds. The summed E-state index contributed by atoms with van der Waals surface area (Å²) in [6.45, 7) is 3.09. The summed E-state index contributed by atoms with van der Waals surface area (Å²) in [6, 6.07) is 13.7. The van der Waals surface area contributed by atoms with Gasteiger partial charge in [0.15, 0.2) is 0 Å². The van der Waals surface area contributed by atoms with Crippen LogP contribution in [0.5, 0.6) is 0 Å². The van der Waals surface area contributed by atoms with Gasteiger partial charge in [0.2, 0.25) is 11.8 Å². The summed E-state index contributed by atoms with van der Waals surface area (Å²) >= 11 is 1.24. The van der Waals surface area contributed by atoms with Crippen LogP contribution in [0.4, 0.5) is 4.79 Å².